The van der Waals surface area contributed by atoms with Crippen LogP contribution in [0.1, 0.15) is 51.4 Å². The molecule has 1 atom stereocenters. The molecular weight excluding hydrogens is 312 g/mol. The van der Waals surface area contributed by atoms with Crippen molar-refractivity contribution in [3.05, 3.63) is 30.3 Å². The zero-order chi connectivity index (χ0) is 17.1. The summed E-state index contributed by atoms with van der Waals surface area (Å²) in [6, 6.07) is 10.4. The summed E-state index contributed by atoms with van der Waals surface area (Å²) in [5.74, 6) is 0.867. The fraction of sp³-hybridized carbons (Fsp3) is 0.667. The van der Waals surface area contributed by atoms with Crippen molar-refractivity contribution in [2.24, 2.45) is 5.92 Å². The van der Waals surface area contributed by atoms with E-state index in [1.54, 1.807) is 0 Å². The van der Waals surface area contributed by atoms with Crippen LogP contribution in [0, 0.1) is 5.92 Å². The number of amides is 1. The summed E-state index contributed by atoms with van der Waals surface area (Å²) in [6.45, 7) is 2.72. The smallest absolute Gasteiger partial charge is 0.227 e. The number of benzene rings is 1. The van der Waals surface area contributed by atoms with Crippen LogP contribution in [-0.4, -0.2) is 37.2 Å². The number of nitrogens with zero attached hydrogens (tertiary/aromatic N) is 1. The molecule has 0 aromatic heterocycles. The second kappa shape index (κ2) is 7.46. The first-order valence-electron chi connectivity index (χ1n) is 9.98. The maximum Gasteiger partial charge on any atom is 0.227 e. The highest BCUT2D eigenvalue weighted by Crippen LogP contribution is 2.38. The Morgan fingerprint density at radius 2 is 1.88 bits per heavy atom. The molecule has 4 nitrogen and oxygen atoms in total. The zero-order valence-corrected chi connectivity index (χ0v) is 15.1. The minimum Gasteiger partial charge on any atom is -0.373 e. The van der Waals surface area contributed by atoms with Crippen molar-refractivity contribution in [2.75, 3.05) is 24.6 Å². The van der Waals surface area contributed by atoms with E-state index in [-0.39, 0.29) is 17.6 Å². The molecule has 1 saturated carbocycles. The predicted octanol–water partition coefficient (Wildman–Crippen LogP) is 3.51. The molecule has 1 unspecified atom stereocenters. The number of para-hydroxylation sites is 1. The maximum absolute atomic E-state index is 13.2. The van der Waals surface area contributed by atoms with Crippen LogP contribution in [0.4, 0.5) is 5.69 Å². The number of carbonyl (C=O) groups excluding carboxylic acids is 1. The topological polar surface area (TPSA) is 41.6 Å². The van der Waals surface area contributed by atoms with Gasteiger partial charge >= 0.3 is 0 Å². The van der Waals surface area contributed by atoms with Gasteiger partial charge in [-0.05, 0) is 63.2 Å². The Labute approximate surface area is 150 Å². The van der Waals surface area contributed by atoms with E-state index >= 15 is 0 Å². The number of hydrogen-bond donors (Lipinski definition) is 1. The molecular formula is C21H30N2O2. The molecule has 3 fully saturated rings. The lowest BCUT2D eigenvalue weighted by atomic mass is 9.87. The van der Waals surface area contributed by atoms with Gasteiger partial charge in [0, 0.05) is 12.1 Å². The van der Waals surface area contributed by atoms with E-state index < -0.39 is 0 Å². The maximum atomic E-state index is 13.2. The van der Waals surface area contributed by atoms with Crippen LogP contribution in [0.3, 0.4) is 0 Å². The van der Waals surface area contributed by atoms with Crippen molar-refractivity contribution >= 4 is 11.6 Å². The molecule has 4 rings (SSSR count). The van der Waals surface area contributed by atoms with E-state index in [0.717, 1.165) is 38.0 Å². The lowest BCUT2D eigenvalue weighted by Gasteiger charge is -2.34. The van der Waals surface area contributed by atoms with Gasteiger partial charge in [-0.15, -0.1) is 0 Å². The van der Waals surface area contributed by atoms with E-state index in [1.807, 2.05) is 18.2 Å². The average molecular weight is 342 g/mol. The molecule has 25 heavy (non-hydrogen) atoms. The van der Waals surface area contributed by atoms with E-state index in [4.69, 9.17) is 4.74 Å². The summed E-state index contributed by atoms with van der Waals surface area (Å²) in [6.07, 6.45) is 8.78. The van der Waals surface area contributed by atoms with E-state index in [0.29, 0.717) is 18.9 Å². The van der Waals surface area contributed by atoms with Crippen LogP contribution >= 0.6 is 0 Å². The normalized spacial score (nSPS) is 26.2. The van der Waals surface area contributed by atoms with Crippen molar-refractivity contribution in [1.82, 2.24) is 5.32 Å². The summed E-state index contributed by atoms with van der Waals surface area (Å²) >= 11 is 0. The van der Waals surface area contributed by atoms with Gasteiger partial charge in [0.25, 0.3) is 0 Å². The summed E-state index contributed by atoms with van der Waals surface area (Å²) < 4.78 is 6.28. The lowest BCUT2D eigenvalue weighted by Crippen LogP contribution is -2.45. The first kappa shape index (κ1) is 17.0. The van der Waals surface area contributed by atoms with E-state index in [1.165, 1.54) is 25.7 Å². The van der Waals surface area contributed by atoms with Crippen LogP contribution in [0.5, 0.6) is 0 Å². The first-order chi connectivity index (χ1) is 12.3. The highest BCUT2D eigenvalue weighted by atomic mass is 16.5. The molecule has 1 amide bonds. The highest BCUT2D eigenvalue weighted by molar-refractivity contribution is 5.94. The monoisotopic (exact) mass is 342 g/mol. The number of piperidine rings is 1. The molecule has 2 saturated heterocycles. The van der Waals surface area contributed by atoms with Gasteiger partial charge in [-0.25, -0.2) is 0 Å². The number of nitrogens with one attached hydrogen (secondary N) is 1. The standard InChI is InChI=1S/C21H30N2O2/c24-20(14-17-6-4-5-7-17)23(18-8-2-1-3-9-18)19-15-21(25-16-19)10-12-22-13-11-21/h1-3,8-9,17,19,22H,4-7,10-16H2. The molecule has 0 bridgehead atoms. The van der Waals surface area contributed by atoms with Crippen LogP contribution in [0.15, 0.2) is 30.3 Å². The van der Waals surface area contributed by atoms with Gasteiger partial charge < -0.3 is 15.0 Å². The largest absolute Gasteiger partial charge is 0.373 e. The van der Waals surface area contributed by atoms with Gasteiger partial charge in [-0.3, -0.25) is 4.79 Å². The summed E-state index contributed by atoms with van der Waals surface area (Å²) in [5.41, 5.74) is 1.02. The third-order valence-electron chi connectivity index (χ3n) is 6.31. The third kappa shape index (κ3) is 3.75. The number of anilines is 1. The van der Waals surface area contributed by atoms with Gasteiger partial charge in [0.15, 0.2) is 0 Å². The second-order valence-corrected chi connectivity index (χ2v) is 8.06. The zero-order valence-electron chi connectivity index (χ0n) is 15.1. The van der Waals surface area contributed by atoms with Crippen molar-refractivity contribution < 1.29 is 9.53 Å². The SMILES string of the molecule is O=C(CC1CCCC1)N(c1ccccc1)C1COC2(CCNCC2)C1. The molecule has 2 aliphatic heterocycles. The molecule has 2 heterocycles. The molecule has 1 N–H and O–H groups in total. The molecule has 0 radical (unpaired) electrons. The molecule has 1 aromatic carbocycles. The summed E-state index contributed by atoms with van der Waals surface area (Å²) in [5, 5.41) is 3.42. The van der Waals surface area contributed by atoms with Crippen molar-refractivity contribution in [2.45, 2.75) is 63.0 Å². The Balaban J connectivity index is 1.52. The van der Waals surface area contributed by atoms with Gasteiger partial charge in [0.05, 0.1) is 18.2 Å². The predicted molar refractivity (Wildman–Crippen MR) is 99.7 cm³/mol. The molecule has 4 heteroatoms. The Kier molecular flexibility index (Phi) is 5.09. The fourth-order valence-corrected chi connectivity index (χ4v) is 4.92. The van der Waals surface area contributed by atoms with Crippen LogP contribution in [0.25, 0.3) is 0 Å². The van der Waals surface area contributed by atoms with Gasteiger partial charge in [0.2, 0.25) is 5.91 Å². The van der Waals surface area contributed by atoms with Gasteiger partial charge in [-0.2, -0.15) is 0 Å². The average Bonchev–Trinajstić information content (AvgIpc) is 3.28. The molecule has 3 aliphatic rings. The highest BCUT2D eigenvalue weighted by Gasteiger charge is 2.44. The number of carbonyl (C=O) groups is 1. The van der Waals surface area contributed by atoms with Crippen molar-refractivity contribution in [3.63, 3.8) is 0 Å². The van der Waals surface area contributed by atoms with E-state index in [2.05, 4.69) is 22.3 Å². The van der Waals surface area contributed by atoms with E-state index in [9.17, 15) is 4.79 Å². The van der Waals surface area contributed by atoms with Gasteiger partial charge in [-0.1, -0.05) is 31.0 Å². The third-order valence-corrected chi connectivity index (χ3v) is 6.31. The Bertz CT molecular complexity index is 577. The molecule has 1 aromatic rings. The van der Waals surface area contributed by atoms with Crippen molar-refractivity contribution in [1.29, 1.82) is 0 Å². The van der Waals surface area contributed by atoms with Crippen LogP contribution < -0.4 is 10.2 Å². The number of ether oxygens (including phenoxy) is 1. The summed E-state index contributed by atoms with van der Waals surface area (Å²) in [7, 11) is 0. The molecule has 136 valence electrons. The fourth-order valence-electron chi connectivity index (χ4n) is 4.92. The lowest BCUT2D eigenvalue weighted by molar-refractivity contribution is -0.120. The quantitative estimate of drug-likeness (QED) is 0.910. The molecule has 1 spiro atoms. The second-order valence-electron chi connectivity index (χ2n) is 8.06. The van der Waals surface area contributed by atoms with Gasteiger partial charge in [0.1, 0.15) is 0 Å². The Hall–Kier alpha value is -1.39. The first-order valence-corrected chi connectivity index (χ1v) is 9.98. The number of rotatable bonds is 4. The molecule has 1 aliphatic carbocycles. The Morgan fingerprint density at radius 3 is 2.60 bits per heavy atom. The van der Waals surface area contributed by atoms with Crippen LogP contribution in [-0.2, 0) is 9.53 Å². The van der Waals surface area contributed by atoms with Crippen molar-refractivity contribution in [3.8, 4) is 0 Å². The minimum absolute atomic E-state index is 0.0173. The summed E-state index contributed by atoms with van der Waals surface area (Å²) in [4.78, 5) is 15.3. The Morgan fingerprint density at radius 1 is 1.16 bits per heavy atom. The minimum atomic E-state index is -0.0173. The number of hydrogen-bond acceptors (Lipinski definition) is 3. The van der Waals surface area contributed by atoms with Crippen LogP contribution in [0.2, 0.25) is 0 Å².